The van der Waals surface area contributed by atoms with Gasteiger partial charge in [0.1, 0.15) is 0 Å². The van der Waals surface area contributed by atoms with Crippen LogP contribution in [0.5, 0.6) is 0 Å². The van der Waals surface area contributed by atoms with Gasteiger partial charge in [-0.05, 0) is 41.3 Å². The number of rotatable bonds is 6. The van der Waals surface area contributed by atoms with E-state index in [9.17, 15) is 4.79 Å². The van der Waals surface area contributed by atoms with Gasteiger partial charge in [0.15, 0.2) is 0 Å². The van der Waals surface area contributed by atoms with Crippen LogP contribution in [0.15, 0.2) is 15.2 Å². The fraction of sp³-hybridized carbons (Fsp3) is 0.615. The molecule has 0 bridgehead atoms. The zero-order valence-corrected chi connectivity index (χ0v) is 13.0. The summed E-state index contributed by atoms with van der Waals surface area (Å²) in [6.45, 7) is 6.53. The van der Waals surface area contributed by atoms with Crippen LogP contribution in [0.2, 0.25) is 0 Å². The third-order valence-corrected chi connectivity index (χ3v) is 4.13. The normalized spacial score (nSPS) is 12.8. The van der Waals surface area contributed by atoms with Crippen molar-refractivity contribution in [3.63, 3.8) is 0 Å². The number of hydrogen-bond donors (Lipinski definition) is 1. The Bertz CT molecular complexity index is 362. The largest absolute Gasteiger partial charge is 0.350 e. The lowest BCUT2D eigenvalue weighted by molar-refractivity contribution is 0.0938. The molecule has 1 amide bonds. The van der Waals surface area contributed by atoms with Crippen molar-refractivity contribution in [1.82, 2.24) is 5.32 Å². The molecule has 2 nitrogen and oxygen atoms in total. The van der Waals surface area contributed by atoms with E-state index in [0.29, 0.717) is 0 Å². The van der Waals surface area contributed by atoms with Gasteiger partial charge in [0.05, 0.1) is 9.35 Å². The summed E-state index contributed by atoms with van der Waals surface area (Å²) in [5, 5.41) is 4.91. The monoisotopic (exact) mass is 317 g/mol. The molecule has 1 unspecified atom stereocenters. The van der Waals surface area contributed by atoms with Gasteiger partial charge in [-0.3, -0.25) is 4.79 Å². The fourth-order valence-electron chi connectivity index (χ4n) is 1.64. The van der Waals surface area contributed by atoms with E-state index in [2.05, 4.69) is 42.0 Å². The highest BCUT2D eigenvalue weighted by molar-refractivity contribution is 9.11. The quantitative estimate of drug-likeness (QED) is 0.824. The molecule has 0 spiro atoms. The van der Waals surface area contributed by atoms with Crippen LogP contribution in [0.3, 0.4) is 0 Å². The number of halogens is 1. The molecule has 1 aromatic heterocycles. The number of carbonyl (C=O) groups excluding carboxylic acids is 1. The highest BCUT2D eigenvalue weighted by atomic mass is 79.9. The molecule has 0 radical (unpaired) electrons. The molecule has 0 aliphatic heterocycles. The van der Waals surface area contributed by atoms with Gasteiger partial charge in [0.2, 0.25) is 0 Å². The maximum atomic E-state index is 11.8. The fourth-order valence-corrected chi connectivity index (χ4v) is 2.78. The third-order valence-electron chi connectivity index (χ3n) is 2.63. The van der Waals surface area contributed by atoms with Gasteiger partial charge in [-0.2, -0.15) is 0 Å². The van der Waals surface area contributed by atoms with Crippen molar-refractivity contribution in [2.75, 3.05) is 0 Å². The molecule has 1 rings (SSSR count). The van der Waals surface area contributed by atoms with Crippen LogP contribution in [-0.4, -0.2) is 11.9 Å². The summed E-state index contributed by atoms with van der Waals surface area (Å²) in [6.07, 6.45) is 3.45. The summed E-state index contributed by atoms with van der Waals surface area (Å²) >= 11 is 4.90. The van der Waals surface area contributed by atoms with Crippen molar-refractivity contribution in [1.29, 1.82) is 0 Å². The average molecular weight is 318 g/mol. The molecule has 0 saturated carbocycles. The minimum absolute atomic E-state index is 0.0315. The molecular weight excluding hydrogens is 298 g/mol. The molecule has 1 heterocycles. The van der Waals surface area contributed by atoms with Crippen molar-refractivity contribution in [3.05, 3.63) is 20.8 Å². The van der Waals surface area contributed by atoms with E-state index in [1.165, 1.54) is 24.2 Å². The minimum Gasteiger partial charge on any atom is -0.350 e. The molecule has 0 fully saturated rings. The number of amides is 1. The second kappa shape index (κ2) is 7.17. The minimum atomic E-state index is 0.0315. The number of nitrogens with one attached hydrogen (secondary N) is 1. The van der Waals surface area contributed by atoms with Crippen molar-refractivity contribution in [2.24, 2.45) is 5.92 Å². The molecule has 0 saturated heterocycles. The standard InChI is InChI=1S/C13H20BrNOS/c1-9(2)5-4-6-10(3)15-13(16)11-7-12(14)17-8-11/h7-10H,4-6H2,1-3H3,(H,15,16). The Balaban J connectivity index is 2.31. The summed E-state index contributed by atoms with van der Waals surface area (Å²) in [5.74, 6) is 0.773. The summed E-state index contributed by atoms with van der Waals surface area (Å²) in [6, 6.07) is 2.11. The predicted molar refractivity (Wildman–Crippen MR) is 77.6 cm³/mol. The van der Waals surface area contributed by atoms with Crippen LogP contribution in [0.1, 0.15) is 50.4 Å². The lowest BCUT2D eigenvalue weighted by atomic mass is 10.0. The van der Waals surface area contributed by atoms with E-state index in [1.54, 1.807) is 0 Å². The number of carbonyl (C=O) groups is 1. The zero-order valence-electron chi connectivity index (χ0n) is 10.6. The van der Waals surface area contributed by atoms with Crippen molar-refractivity contribution in [3.8, 4) is 0 Å². The Kier molecular flexibility index (Phi) is 6.20. The number of thiophene rings is 1. The van der Waals surface area contributed by atoms with E-state index in [1.807, 2.05) is 11.4 Å². The highest BCUT2D eigenvalue weighted by Crippen LogP contribution is 2.20. The van der Waals surface area contributed by atoms with Crippen molar-refractivity contribution >= 4 is 33.2 Å². The lowest BCUT2D eigenvalue weighted by Gasteiger charge is -2.13. The molecule has 0 aromatic carbocycles. The van der Waals surface area contributed by atoms with Crippen molar-refractivity contribution < 1.29 is 4.79 Å². The second-order valence-electron chi connectivity index (χ2n) is 4.84. The third kappa shape index (κ3) is 5.68. The Morgan fingerprint density at radius 3 is 2.65 bits per heavy atom. The average Bonchev–Trinajstić information content (AvgIpc) is 2.64. The van der Waals surface area contributed by atoms with Gasteiger partial charge >= 0.3 is 0 Å². The molecule has 96 valence electrons. The first kappa shape index (κ1) is 14.7. The molecule has 0 aliphatic carbocycles. The summed E-state index contributed by atoms with van der Waals surface area (Å²) in [5.41, 5.74) is 0.748. The van der Waals surface area contributed by atoms with Crippen molar-refractivity contribution in [2.45, 2.75) is 46.1 Å². The molecule has 1 N–H and O–H groups in total. The van der Waals surface area contributed by atoms with Crippen LogP contribution in [0, 0.1) is 5.92 Å². The zero-order chi connectivity index (χ0) is 12.8. The van der Waals surface area contributed by atoms with Gasteiger partial charge in [-0.25, -0.2) is 0 Å². The van der Waals surface area contributed by atoms with Gasteiger partial charge in [0.25, 0.3) is 5.91 Å². The van der Waals surface area contributed by atoms with Crippen LogP contribution in [0.25, 0.3) is 0 Å². The van der Waals surface area contributed by atoms with E-state index < -0.39 is 0 Å². The molecule has 1 atom stereocenters. The highest BCUT2D eigenvalue weighted by Gasteiger charge is 2.11. The van der Waals surface area contributed by atoms with Crippen LogP contribution in [-0.2, 0) is 0 Å². The molecule has 4 heteroatoms. The Morgan fingerprint density at radius 2 is 2.12 bits per heavy atom. The van der Waals surface area contributed by atoms with E-state index >= 15 is 0 Å². The van der Waals surface area contributed by atoms with Gasteiger partial charge in [0, 0.05) is 11.4 Å². The summed E-state index contributed by atoms with van der Waals surface area (Å²) < 4.78 is 0.995. The molecular formula is C13H20BrNOS. The SMILES string of the molecule is CC(C)CCCC(C)NC(=O)c1csc(Br)c1. The predicted octanol–water partition coefficient (Wildman–Crippen LogP) is 4.46. The van der Waals surface area contributed by atoms with E-state index in [-0.39, 0.29) is 11.9 Å². The molecule has 17 heavy (non-hydrogen) atoms. The first-order valence-corrected chi connectivity index (χ1v) is 7.71. The Morgan fingerprint density at radius 1 is 1.41 bits per heavy atom. The second-order valence-corrected chi connectivity index (χ2v) is 7.13. The van der Waals surface area contributed by atoms with Crippen LogP contribution >= 0.6 is 27.3 Å². The first-order valence-electron chi connectivity index (χ1n) is 6.04. The van der Waals surface area contributed by atoms with E-state index in [0.717, 1.165) is 21.7 Å². The number of hydrogen-bond acceptors (Lipinski definition) is 2. The summed E-state index contributed by atoms with van der Waals surface area (Å²) in [4.78, 5) is 11.8. The Hall–Kier alpha value is -0.350. The molecule has 0 aliphatic rings. The smallest absolute Gasteiger partial charge is 0.252 e. The van der Waals surface area contributed by atoms with Crippen LogP contribution in [0.4, 0.5) is 0 Å². The first-order chi connectivity index (χ1) is 7.99. The van der Waals surface area contributed by atoms with Crippen LogP contribution < -0.4 is 5.32 Å². The van der Waals surface area contributed by atoms with Gasteiger partial charge < -0.3 is 5.32 Å². The van der Waals surface area contributed by atoms with E-state index in [4.69, 9.17) is 0 Å². The maximum Gasteiger partial charge on any atom is 0.252 e. The maximum absolute atomic E-state index is 11.8. The van der Waals surface area contributed by atoms with Gasteiger partial charge in [-0.15, -0.1) is 11.3 Å². The topological polar surface area (TPSA) is 29.1 Å². The lowest BCUT2D eigenvalue weighted by Crippen LogP contribution is -2.32. The van der Waals surface area contributed by atoms with Gasteiger partial charge in [-0.1, -0.05) is 26.7 Å². The molecule has 1 aromatic rings. The summed E-state index contributed by atoms with van der Waals surface area (Å²) in [7, 11) is 0. The Labute approximate surface area is 116 Å².